The molecule has 12 rings (SSSR count). The number of hydrogen-bond acceptors (Lipinski definition) is 3. The lowest BCUT2D eigenvalue weighted by atomic mass is 10.0. The van der Waals surface area contributed by atoms with Gasteiger partial charge in [-0.1, -0.05) is 170 Å². The third-order valence-corrected chi connectivity index (χ3v) is 11.6. The molecule has 0 aliphatic carbocycles. The number of nitrogens with zero attached hydrogens (tertiary/aromatic N) is 5. The summed E-state index contributed by atoms with van der Waals surface area (Å²) in [4.78, 5) is 14.9. The first-order valence-corrected chi connectivity index (χ1v) is 20.5. The van der Waals surface area contributed by atoms with Crippen molar-refractivity contribution in [1.82, 2.24) is 24.1 Å². The monoisotopic (exact) mass is 796 g/mol. The number of hydrogen-bond donors (Lipinski definition) is 0. The lowest BCUT2D eigenvalue weighted by molar-refractivity contribution is 1.07. The second kappa shape index (κ2) is 14.7. The molecule has 5 nitrogen and oxygen atoms in total. The molecule has 0 amide bonds. The molecule has 0 aliphatic rings. The summed E-state index contributed by atoms with van der Waals surface area (Å²) in [6, 6.07) is 64.3. The molecule has 9 aromatic carbocycles. The van der Waals surface area contributed by atoms with Gasteiger partial charge in [-0.15, -0.1) is 0 Å². The molecule has 290 valence electrons. The van der Waals surface area contributed by atoms with Crippen molar-refractivity contribution in [3.8, 4) is 67.8 Å². The van der Waals surface area contributed by atoms with Crippen molar-refractivity contribution in [2.75, 3.05) is 0 Å². The van der Waals surface area contributed by atoms with E-state index in [0.717, 1.165) is 66.5 Å². The minimum absolute atomic E-state index is 0.0229. The summed E-state index contributed by atoms with van der Waals surface area (Å²) in [5.41, 5.74) is 11.4. The molecule has 3 heterocycles. The zero-order valence-electron chi connectivity index (χ0n) is 38.2. The minimum atomic E-state index is -0.488. The highest BCUT2D eigenvalue weighted by molar-refractivity contribution is 6.12. The van der Waals surface area contributed by atoms with Gasteiger partial charge >= 0.3 is 0 Å². The molecule has 0 saturated heterocycles. The summed E-state index contributed by atoms with van der Waals surface area (Å²) in [7, 11) is 0. The first kappa shape index (κ1) is 30.6. The highest BCUT2D eigenvalue weighted by atomic mass is 15.0. The molecule has 0 radical (unpaired) electrons. The van der Waals surface area contributed by atoms with E-state index in [1.54, 1.807) is 0 Å². The Labute approximate surface area is 365 Å². The SMILES string of the molecule is [2H]c1c([2H])c([2H])c(-c2nc(-c3ccc(-c4ccccc4)cc3)nc(-c3cc(-c4ccccc4)cc(-n4c5ccccc5c5cc(-n6c7ccccc7c7ccccc76)ccc54)c3)n2)c([2H])c1[2H]. The Kier molecular flexibility index (Phi) is 7.25. The first-order chi connectivity index (χ1) is 32.8. The molecule has 0 spiro atoms. The molecule has 0 saturated carbocycles. The summed E-state index contributed by atoms with van der Waals surface area (Å²) < 4.78 is 47.9. The molecule has 0 aliphatic heterocycles. The van der Waals surface area contributed by atoms with E-state index in [0.29, 0.717) is 17.0 Å². The van der Waals surface area contributed by atoms with Gasteiger partial charge < -0.3 is 9.13 Å². The molecule has 0 bridgehead atoms. The summed E-state index contributed by atoms with van der Waals surface area (Å²) in [6.45, 7) is 0. The Hall–Kier alpha value is -8.41. The van der Waals surface area contributed by atoms with Crippen LogP contribution < -0.4 is 0 Å². The number of benzene rings is 9. The normalized spacial score (nSPS) is 12.7. The Balaban J connectivity index is 1.09. The van der Waals surface area contributed by atoms with E-state index >= 15 is 0 Å². The van der Waals surface area contributed by atoms with Crippen LogP contribution in [0.4, 0.5) is 0 Å². The van der Waals surface area contributed by atoms with Crippen LogP contribution in [-0.4, -0.2) is 24.1 Å². The van der Waals surface area contributed by atoms with Crippen LogP contribution in [0.3, 0.4) is 0 Å². The van der Waals surface area contributed by atoms with Crippen molar-refractivity contribution in [3.05, 3.63) is 224 Å². The van der Waals surface area contributed by atoms with Crippen LogP contribution in [0.1, 0.15) is 6.85 Å². The van der Waals surface area contributed by atoms with Crippen LogP contribution in [0.5, 0.6) is 0 Å². The van der Waals surface area contributed by atoms with Gasteiger partial charge in [-0.05, 0) is 76.9 Å². The maximum atomic E-state index is 8.94. The van der Waals surface area contributed by atoms with Crippen LogP contribution in [0.25, 0.3) is 111 Å². The highest BCUT2D eigenvalue weighted by Gasteiger charge is 2.19. The van der Waals surface area contributed by atoms with Crippen molar-refractivity contribution < 1.29 is 6.85 Å². The van der Waals surface area contributed by atoms with E-state index in [2.05, 4.69) is 124 Å². The molecule has 62 heavy (non-hydrogen) atoms. The van der Waals surface area contributed by atoms with Crippen molar-refractivity contribution in [2.24, 2.45) is 0 Å². The van der Waals surface area contributed by atoms with Crippen molar-refractivity contribution in [3.63, 3.8) is 0 Å². The highest BCUT2D eigenvalue weighted by Crippen LogP contribution is 2.39. The van der Waals surface area contributed by atoms with Gasteiger partial charge in [0.15, 0.2) is 17.5 Å². The largest absolute Gasteiger partial charge is 0.309 e. The minimum Gasteiger partial charge on any atom is -0.309 e. The summed E-state index contributed by atoms with van der Waals surface area (Å²) in [6.07, 6.45) is 0. The standard InChI is InChI=1S/C57H37N5/c1-4-16-38(17-5-1)40-28-30-42(31-29-40)56-58-55(41-20-8-3-9-21-41)59-57(60-56)44-34-43(39-18-6-2-7-19-39)35-46(36-44)62-53-27-15-12-24-49(53)50-37-45(32-33-54(50)62)61-51-25-13-10-22-47(51)48-23-11-14-26-52(48)61/h1-37H/i3D,8D,9D,20D,21D. The maximum Gasteiger partial charge on any atom is 0.164 e. The molecule has 5 heteroatoms. The van der Waals surface area contributed by atoms with Gasteiger partial charge in [0.05, 0.1) is 28.9 Å². The second-order valence-electron chi connectivity index (χ2n) is 15.3. The van der Waals surface area contributed by atoms with E-state index in [1.807, 2.05) is 78.9 Å². The van der Waals surface area contributed by atoms with Crippen molar-refractivity contribution >= 4 is 43.6 Å². The van der Waals surface area contributed by atoms with Gasteiger partial charge in [0.1, 0.15) is 0 Å². The van der Waals surface area contributed by atoms with E-state index in [9.17, 15) is 0 Å². The quantitative estimate of drug-likeness (QED) is 0.161. The van der Waals surface area contributed by atoms with Gasteiger partial charge in [-0.2, -0.15) is 0 Å². The van der Waals surface area contributed by atoms with Gasteiger partial charge in [-0.3, -0.25) is 0 Å². The van der Waals surface area contributed by atoms with E-state index in [4.69, 9.17) is 21.8 Å². The van der Waals surface area contributed by atoms with E-state index < -0.39 is 30.2 Å². The van der Waals surface area contributed by atoms with E-state index in [-0.39, 0.29) is 17.2 Å². The molecule has 3 aromatic heterocycles. The summed E-state index contributed by atoms with van der Waals surface area (Å²) in [5, 5.41) is 4.58. The Morgan fingerprint density at radius 3 is 1.34 bits per heavy atom. The second-order valence-corrected chi connectivity index (χ2v) is 15.3. The number of para-hydroxylation sites is 3. The Bertz CT molecular complexity index is 3840. The first-order valence-electron chi connectivity index (χ1n) is 23.0. The maximum absolute atomic E-state index is 8.94. The molecular weight excluding hydrogens is 755 g/mol. The molecule has 0 unspecified atom stereocenters. The van der Waals surface area contributed by atoms with Crippen LogP contribution in [0.15, 0.2) is 224 Å². The summed E-state index contributed by atoms with van der Waals surface area (Å²) >= 11 is 0. The summed E-state index contributed by atoms with van der Waals surface area (Å²) in [5.74, 6) is 0.560. The van der Waals surface area contributed by atoms with Gasteiger partial charge in [0, 0.05) is 49.6 Å². The topological polar surface area (TPSA) is 48.5 Å². The number of fused-ring (bicyclic) bond motifs is 6. The number of rotatable bonds is 7. The average molecular weight is 797 g/mol. The van der Waals surface area contributed by atoms with Crippen molar-refractivity contribution in [2.45, 2.75) is 0 Å². The third kappa shape index (κ3) is 6.06. The fraction of sp³-hybridized carbons (Fsp3) is 0. The Morgan fingerprint density at radius 2 is 0.726 bits per heavy atom. The fourth-order valence-corrected chi connectivity index (χ4v) is 8.80. The van der Waals surface area contributed by atoms with Crippen LogP contribution >= 0.6 is 0 Å². The zero-order chi connectivity index (χ0) is 45.3. The van der Waals surface area contributed by atoms with Crippen LogP contribution in [0.2, 0.25) is 0 Å². The fourth-order valence-electron chi connectivity index (χ4n) is 8.80. The van der Waals surface area contributed by atoms with Crippen molar-refractivity contribution in [1.29, 1.82) is 0 Å². The van der Waals surface area contributed by atoms with Gasteiger partial charge in [-0.25, -0.2) is 15.0 Å². The third-order valence-electron chi connectivity index (χ3n) is 11.6. The lowest BCUT2D eigenvalue weighted by Crippen LogP contribution is -2.02. The lowest BCUT2D eigenvalue weighted by Gasteiger charge is -2.15. The van der Waals surface area contributed by atoms with Gasteiger partial charge in [0.25, 0.3) is 0 Å². The van der Waals surface area contributed by atoms with Crippen LogP contribution in [0, 0.1) is 0 Å². The smallest absolute Gasteiger partial charge is 0.164 e. The van der Waals surface area contributed by atoms with Crippen LogP contribution in [-0.2, 0) is 0 Å². The molecule has 0 N–H and O–H groups in total. The molecule has 12 aromatic rings. The molecule has 0 atom stereocenters. The molecule has 0 fully saturated rings. The number of aromatic nitrogens is 5. The zero-order valence-corrected chi connectivity index (χ0v) is 33.2. The predicted molar refractivity (Wildman–Crippen MR) is 256 cm³/mol. The van der Waals surface area contributed by atoms with E-state index in [1.165, 1.54) is 10.8 Å². The average Bonchev–Trinajstić information content (AvgIpc) is 3.90. The Morgan fingerprint density at radius 1 is 0.290 bits per heavy atom. The van der Waals surface area contributed by atoms with Gasteiger partial charge in [0.2, 0.25) is 0 Å². The molecular formula is C57H37N5. The predicted octanol–water partition coefficient (Wildman–Crippen LogP) is 14.4.